The average Bonchev–Trinajstić information content (AvgIpc) is 3.01. The quantitative estimate of drug-likeness (QED) is 0.647. The van der Waals surface area contributed by atoms with Gasteiger partial charge in [0, 0.05) is 24.5 Å². The number of aromatic nitrogens is 2. The Bertz CT molecular complexity index is 1080. The topological polar surface area (TPSA) is 101 Å². The summed E-state index contributed by atoms with van der Waals surface area (Å²) >= 11 is 1.20. The van der Waals surface area contributed by atoms with Gasteiger partial charge in [0.05, 0.1) is 11.7 Å². The van der Waals surface area contributed by atoms with E-state index in [1.807, 2.05) is 20.8 Å². The van der Waals surface area contributed by atoms with Crippen molar-refractivity contribution in [2.45, 2.75) is 58.4 Å². The Balaban J connectivity index is 2.00. The summed E-state index contributed by atoms with van der Waals surface area (Å²) in [7, 11) is -3.84. The monoisotopic (exact) mass is 454 g/mol. The van der Waals surface area contributed by atoms with Gasteiger partial charge < -0.3 is 5.32 Å². The summed E-state index contributed by atoms with van der Waals surface area (Å²) in [5.41, 5.74) is -0.494. The normalized spacial score (nSPS) is 20.5. The zero-order valence-corrected chi connectivity index (χ0v) is 19.6. The van der Waals surface area contributed by atoms with Gasteiger partial charge in [-0.1, -0.05) is 27.2 Å². The Morgan fingerprint density at radius 1 is 1.30 bits per heavy atom. The predicted octanol–water partition coefficient (Wildman–Crippen LogP) is 2.35. The van der Waals surface area contributed by atoms with Crippen LogP contribution in [0.2, 0.25) is 0 Å². The molecule has 3 rings (SSSR count). The van der Waals surface area contributed by atoms with Crippen LogP contribution in [0.25, 0.3) is 10.2 Å². The van der Waals surface area contributed by atoms with E-state index < -0.39 is 15.6 Å². The summed E-state index contributed by atoms with van der Waals surface area (Å²) < 4.78 is 29.7. The highest BCUT2D eigenvalue weighted by Crippen LogP contribution is 2.35. The maximum atomic E-state index is 13.5. The number of unbranched alkanes of at least 4 members (excludes halogenated alkanes) is 1. The molecule has 8 nitrogen and oxygen atoms in total. The first kappa shape index (κ1) is 22.9. The number of piperidine rings is 1. The number of sulfonamides is 1. The molecular formula is C20H30N4O4S2. The summed E-state index contributed by atoms with van der Waals surface area (Å²) in [6.45, 7) is 9.07. The van der Waals surface area contributed by atoms with Gasteiger partial charge in [-0.25, -0.2) is 13.4 Å². The number of hydrogen-bond donors (Lipinski definition) is 1. The molecule has 0 spiro atoms. The van der Waals surface area contributed by atoms with Gasteiger partial charge >= 0.3 is 0 Å². The van der Waals surface area contributed by atoms with Gasteiger partial charge in [-0.2, -0.15) is 4.31 Å². The highest BCUT2D eigenvalue weighted by atomic mass is 32.2. The highest BCUT2D eigenvalue weighted by Gasteiger charge is 2.35. The molecule has 0 radical (unpaired) electrons. The number of amides is 1. The lowest BCUT2D eigenvalue weighted by Crippen LogP contribution is -2.43. The van der Waals surface area contributed by atoms with Crippen LogP contribution in [0.1, 0.15) is 44.9 Å². The van der Waals surface area contributed by atoms with Crippen molar-refractivity contribution in [2.24, 2.45) is 11.8 Å². The molecule has 2 aromatic heterocycles. The zero-order chi connectivity index (χ0) is 22.1. The van der Waals surface area contributed by atoms with Crippen LogP contribution in [-0.2, 0) is 21.4 Å². The largest absolute Gasteiger partial charge is 0.355 e. The lowest BCUT2D eigenvalue weighted by atomic mass is 9.94. The Kier molecular flexibility index (Phi) is 6.98. The minimum absolute atomic E-state index is 0.0436. The van der Waals surface area contributed by atoms with Crippen molar-refractivity contribution in [2.75, 3.05) is 19.6 Å². The summed E-state index contributed by atoms with van der Waals surface area (Å²) in [4.78, 5) is 30.6. The summed E-state index contributed by atoms with van der Waals surface area (Å²) in [6, 6.07) is 0. The third-order valence-corrected chi connectivity index (χ3v) is 8.55. The fourth-order valence-electron chi connectivity index (χ4n) is 4.08. The molecule has 10 heteroatoms. The third-order valence-electron chi connectivity index (χ3n) is 5.40. The number of carbonyl (C=O) groups is 1. The van der Waals surface area contributed by atoms with E-state index in [2.05, 4.69) is 10.3 Å². The minimum atomic E-state index is -3.84. The van der Waals surface area contributed by atoms with Crippen molar-refractivity contribution < 1.29 is 13.2 Å². The van der Waals surface area contributed by atoms with Gasteiger partial charge in [-0.3, -0.25) is 14.2 Å². The maximum Gasteiger partial charge on any atom is 0.263 e. The molecule has 2 atom stereocenters. The van der Waals surface area contributed by atoms with E-state index in [4.69, 9.17) is 0 Å². The number of thiophene rings is 1. The molecule has 0 saturated carbocycles. The van der Waals surface area contributed by atoms with Crippen LogP contribution < -0.4 is 10.9 Å². The highest BCUT2D eigenvalue weighted by molar-refractivity contribution is 7.89. The number of aryl methyl sites for hydroxylation is 1. The first-order valence-electron chi connectivity index (χ1n) is 10.4. The number of rotatable bonds is 7. The average molecular weight is 455 g/mol. The molecule has 166 valence electrons. The molecule has 3 heterocycles. The molecule has 0 aliphatic carbocycles. The van der Waals surface area contributed by atoms with E-state index >= 15 is 0 Å². The van der Waals surface area contributed by atoms with E-state index in [1.165, 1.54) is 26.5 Å². The number of carbonyl (C=O) groups excluding carboxylic acids is 1. The number of nitrogens with zero attached hydrogens (tertiary/aromatic N) is 3. The molecule has 1 aliphatic heterocycles. The van der Waals surface area contributed by atoms with E-state index in [0.717, 1.165) is 19.3 Å². The first-order chi connectivity index (χ1) is 14.1. The van der Waals surface area contributed by atoms with Crippen molar-refractivity contribution in [1.82, 2.24) is 19.2 Å². The molecular weight excluding hydrogens is 424 g/mol. The van der Waals surface area contributed by atoms with Crippen LogP contribution in [0.5, 0.6) is 0 Å². The second-order valence-electron chi connectivity index (χ2n) is 8.32. The molecule has 1 saturated heterocycles. The Labute approximate surface area is 181 Å². The van der Waals surface area contributed by atoms with Crippen LogP contribution in [0.3, 0.4) is 0 Å². The number of hydrogen-bond acceptors (Lipinski definition) is 6. The summed E-state index contributed by atoms with van der Waals surface area (Å²) in [5.74, 6) is 0.229. The fraction of sp³-hybridized carbons (Fsp3) is 0.650. The summed E-state index contributed by atoms with van der Waals surface area (Å²) in [5, 5.41) is 2.86. The van der Waals surface area contributed by atoms with Gasteiger partial charge in [-0.05, 0) is 31.6 Å². The molecule has 0 bridgehead atoms. The Morgan fingerprint density at radius 3 is 2.60 bits per heavy atom. The van der Waals surface area contributed by atoms with Gasteiger partial charge in [0.2, 0.25) is 15.9 Å². The van der Waals surface area contributed by atoms with Crippen molar-refractivity contribution >= 4 is 37.5 Å². The molecule has 1 amide bonds. The SMILES string of the molecule is CCCCNC(=O)Cn1cnc2sc(C)c(S(=O)(=O)N3CC(C)CC(C)C3)c2c1=O. The fourth-order valence-corrected chi connectivity index (χ4v) is 7.43. The van der Waals surface area contributed by atoms with Gasteiger partial charge in [0.25, 0.3) is 5.56 Å². The van der Waals surface area contributed by atoms with Crippen LogP contribution in [0.15, 0.2) is 16.0 Å². The Hall–Kier alpha value is -1.78. The minimum Gasteiger partial charge on any atom is -0.355 e. The lowest BCUT2D eigenvalue weighted by molar-refractivity contribution is -0.121. The van der Waals surface area contributed by atoms with Crippen molar-refractivity contribution in [3.05, 3.63) is 21.6 Å². The molecule has 2 unspecified atom stereocenters. The second-order valence-corrected chi connectivity index (χ2v) is 11.4. The molecule has 2 aromatic rings. The van der Waals surface area contributed by atoms with Crippen LogP contribution in [-0.4, -0.2) is 47.8 Å². The van der Waals surface area contributed by atoms with Crippen LogP contribution in [0, 0.1) is 18.8 Å². The molecule has 1 aliphatic rings. The van der Waals surface area contributed by atoms with Gasteiger partial charge in [0.15, 0.2) is 0 Å². The smallest absolute Gasteiger partial charge is 0.263 e. The third kappa shape index (κ3) is 4.60. The summed E-state index contributed by atoms with van der Waals surface area (Å²) in [6.07, 6.45) is 4.12. The lowest BCUT2D eigenvalue weighted by Gasteiger charge is -2.34. The van der Waals surface area contributed by atoms with Crippen molar-refractivity contribution in [3.63, 3.8) is 0 Å². The van der Waals surface area contributed by atoms with E-state index in [-0.39, 0.29) is 34.6 Å². The standard InChI is InChI=1S/C20H30N4O4S2/c1-5-6-7-21-16(25)11-23-12-22-19-17(20(23)26)18(15(4)29-19)30(27,28)24-9-13(2)8-14(3)10-24/h12-14H,5-11H2,1-4H3,(H,21,25). The maximum absolute atomic E-state index is 13.5. The molecule has 30 heavy (non-hydrogen) atoms. The Morgan fingerprint density at radius 2 is 1.97 bits per heavy atom. The molecule has 1 fully saturated rings. The van der Waals surface area contributed by atoms with Gasteiger partial charge in [-0.15, -0.1) is 11.3 Å². The molecule has 1 N–H and O–H groups in total. The van der Waals surface area contributed by atoms with E-state index in [1.54, 1.807) is 6.92 Å². The zero-order valence-electron chi connectivity index (χ0n) is 18.0. The van der Waals surface area contributed by atoms with Crippen molar-refractivity contribution in [3.8, 4) is 0 Å². The van der Waals surface area contributed by atoms with Crippen molar-refractivity contribution in [1.29, 1.82) is 0 Å². The number of nitrogens with one attached hydrogen (secondary N) is 1. The second kappa shape index (κ2) is 9.15. The predicted molar refractivity (Wildman–Crippen MR) is 118 cm³/mol. The molecule has 0 aromatic carbocycles. The number of fused-ring (bicyclic) bond motifs is 1. The van der Waals surface area contributed by atoms with E-state index in [9.17, 15) is 18.0 Å². The first-order valence-corrected chi connectivity index (χ1v) is 12.7. The van der Waals surface area contributed by atoms with Gasteiger partial charge in [0.1, 0.15) is 16.3 Å². The van der Waals surface area contributed by atoms with Crippen LogP contribution >= 0.6 is 11.3 Å². The van der Waals surface area contributed by atoms with E-state index in [0.29, 0.717) is 29.3 Å². The van der Waals surface area contributed by atoms with Crippen LogP contribution in [0.4, 0.5) is 0 Å².